The van der Waals surface area contributed by atoms with Crippen LogP contribution in [0.25, 0.3) is 10.8 Å². The molecule has 0 saturated carbocycles. The number of para-hydroxylation sites is 2. The first-order chi connectivity index (χ1) is 16.8. The van der Waals surface area contributed by atoms with Crippen molar-refractivity contribution in [2.24, 2.45) is 0 Å². The van der Waals surface area contributed by atoms with Crippen molar-refractivity contribution in [3.63, 3.8) is 0 Å². The molecule has 1 unspecified atom stereocenters. The largest absolute Gasteiger partial charge is 0.490 e. The molecule has 1 amide bonds. The fourth-order valence-electron chi connectivity index (χ4n) is 4.36. The van der Waals surface area contributed by atoms with Gasteiger partial charge in [0.05, 0.1) is 5.56 Å². The van der Waals surface area contributed by atoms with E-state index in [2.05, 4.69) is 24.0 Å². The molecule has 1 aliphatic heterocycles. The van der Waals surface area contributed by atoms with Gasteiger partial charge in [-0.05, 0) is 41.1 Å². The molecule has 1 aliphatic rings. The summed E-state index contributed by atoms with van der Waals surface area (Å²) in [5.41, 5.74) is 2.38. The highest BCUT2D eigenvalue weighted by Gasteiger charge is 2.34. The summed E-state index contributed by atoms with van der Waals surface area (Å²) < 4.78 is 12.0. The predicted octanol–water partition coefficient (Wildman–Crippen LogP) is 6.05. The summed E-state index contributed by atoms with van der Waals surface area (Å²) in [5.74, 6) is 1.48. The van der Waals surface area contributed by atoms with Crippen LogP contribution in [-0.2, 0) is 0 Å². The van der Waals surface area contributed by atoms with Crippen LogP contribution in [0.3, 0.4) is 0 Å². The van der Waals surface area contributed by atoms with E-state index in [1.807, 2.05) is 78.9 Å². The zero-order valence-corrected chi connectivity index (χ0v) is 18.8. The molecule has 170 valence electrons. The van der Waals surface area contributed by atoms with Crippen LogP contribution < -0.4 is 14.8 Å². The van der Waals surface area contributed by atoms with Crippen molar-refractivity contribution in [3.8, 4) is 11.5 Å². The Bertz CT molecular complexity index is 1320. The quantitative estimate of drug-likeness (QED) is 0.262. The highest BCUT2D eigenvalue weighted by atomic mass is 16.5. The third-order valence-corrected chi connectivity index (χ3v) is 5.90. The lowest BCUT2D eigenvalue weighted by Crippen LogP contribution is -2.43. The number of carbonyl (C=O) groups excluding carboxylic acids is 1. The molecular formula is C29H26N2O3. The van der Waals surface area contributed by atoms with Gasteiger partial charge in [-0.1, -0.05) is 66.7 Å². The average molecular weight is 451 g/mol. The minimum absolute atomic E-state index is 0.0365. The van der Waals surface area contributed by atoms with Gasteiger partial charge in [0.15, 0.2) is 0 Å². The Hall–Kier alpha value is -4.25. The van der Waals surface area contributed by atoms with E-state index in [1.54, 1.807) is 11.0 Å². The number of carbonyl (C=O) groups is 1. The molecule has 0 spiro atoms. The van der Waals surface area contributed by atoms with Gasteiger partial charge in [0.25, 0.3) is 5.91 Å². The van der Waals surface area contributed by atoms with Crippen LogP contribution in [-0.4, -0.2) is 30.6 Å². The van der Waals surface area contributed by atoms with Crippen molar-refractivity contribution in [2.75, 3.05) is 25.1 Å². The van der Waals surface area contributed by atoms with Gasteiger partial charge in [-0.3, -0.25) is 4.79 Å². The smallest absolute Gasteiger partial charge is 0.258 e. The van der Waals surface area contributed by atoms with Gasteiger partial charge in [-0.2, -0.15) is 0 Å². The maximum atomic E-state index is 13.4. The molecule has 1 N–H and O–H groups in total. The van der Waals surface area contributed by atoms with E-state index >= 15 is 0 Å². The number of amides is 1. The topological polar surface area (TPSA) is 50.8 Å². The molecule has 5 nitrogen and oxygen atoms in total. The molecule has 4 aromatic rings. The van der Waals surface area contributed by atoms with Crippen LogP contribution in [0.15, 0.2) is 104 Å². The lowest BCUT2D eigenvalue weighted by molar-refractivity contribution is 0.0706. The first-order valence-corrected chi connectivity index (χ1v) is 11.4. The van der Waals surface area contributed by atoms with Crippen molar-refractivity contribution in [1.82, 2.24) is 4.90 Å². The minimum Gasteiger partial charge on any atom is -0.490 e. The molecule has 34 heavy (non-hydrogen) atoms. The second-order valence-electron chi connectivity index (χ2n) is 8.05. The number of rotatable bonds is 8. The number of hydrogen-bond donors (Lipinski definition) is 1. The molecule has 0 aliphatic carbocycles. The van der Waals surface area contributed by atoms with Crippen LogP contribution >= 0.6 is 0 Å². The van der Waals surface area contributed by atoms with Crippen molar-refractivity contribution in [3.05, 3.63) is 115 Å². The highest BCUT2D eigenvalue weighted by Crippen LogP contribution is 2.40. The van der Waals surface area contributed by atoms with E-state index in [9.17, 15) is 4.79 Å². The summed E-state index contributed by atoms with van der Waals surface area (Å²) in [6, 6.07) is 29.4. The predicted molar refractivity (Wildman–Crippen MR) is 135 cm³/mol. The summed E-state index contributed by atoms with van der Waals surface area (Å²) in [4.78, 5) is 15.2. The van der Waals surface area contributed by atoms with Crippen molar-refractivity contribution < 1.29 is 14.3 Å². The molecule has 0 bridgehead atoms. The van der Waals surface area contributed by atoms with Crippen molar-refractivity contribution in [2.45, 2.75) is 6.17 Å². The second kappa shape index (κ2) is 9.71. The van der Waals surface area contributed by atoms with E-state index in [-0.39, 0.29) is 5.91 Å². The molecule has 1 heterocycles. The third-order valence-electron chi connectivity index (χ3n) is 5.90. The summed E-state index contributed by atoms with van der Waals surface area (Å²) >= 11 is 0. The Labute approximate surface area is 199 Å². The van der Waals surface area contributed by atoms with Gasteiger partial charge in [0.2, 0.25) is 0 Å². The number of nitrogens with zero attached hydrogens (tertiary/aromatic N) is 1. The fourth-order valence-corrected chi connectivity index (χ4v) is 4.36. The molecule has 1 atom stereocenters. The zero-order chi connectivity index (χ0) is 23.3. The first-order valence-electron chi connectivity index (χ1n) is 11.4. The highest BCUT2D eigenvalue weighted by molar-refractivity contribution is 6.02. The van der Waals surface area contributed by atoms with Gasteiger partial charge in [0, 0.05) is 17.8 Å². The van der Waals surface area contributed by atoms with Crippen LogP contribution in [0.2, 0.25) is 0 Å². The Morgan fingerprint density at radius 1 is 0.853 bits per heavy atom. The molecule has 5 rings (SSSR count). The molecule has 5 heteroatoms. The van der Waals surface area contributed by atoms with Gasteiger partial charge in [-0.15, -0.1) is 6.58 Å². The molecular weight excluding hydrogens is 424 g/mol. The summed E-state index contributed by atoms with van der Waals surface area (Å²) in [6.45, 7) is 5.07. The van der Waals surface area contributed by atoms with Crippen LogP contribution in [0.5, 0.6) is 11.5 Å². The Kier molecular flexibility index (Phi) is 6.17. The third kappa shape index (κ3) is 4.20. The van der Waals surface area contributed by atoms with Gasteiger partial charge >= 0.3 is 0 Å². The standard InChI is InChI=1S/C29H26N2O3/c1-2-18-31-28(30-25-15-9-8-14-24(25)29(31)32)27-23-13-7-6-10-21(23)16-17-26(27)34-20-19-33-22-11-4-3-5-12-22/h2-17,28,30H,1,18-20H2. The number of benzene rings is 4. The van der Waals surface area contributed by atoms with Gasteiger partial charge < -0.3 is 19.7 Å². The number of ether oxygens (including phenoxy) is 2. The molecule has 0 fully saturated rings. The molecule has 4 aromatic carbocycles. The minimum atomic E-state index is -0.406. The summed E-state index contributed by atoms with van der Waals surface area (Å²) in [5, 5.41) is 5.68. The number of fused-ring (bicyclic) bond motifs is 2. The average Bonchev–Trinajstić information content (AvgIpc) is 2.89. The summed E-state index contributed by atoms with van der Waals surface area (Å²) in [6.07, 6.45) is 1.34. The van der Waals surface area contributed by atoms with Crippen molar-refractivity contribution in [1.29, 1.82) is 0 Å². The molecule has 0 saturated heterocycles. The molecule has 0 aromatic heterocycles. The number of hydrogen-bond acceptors (Lipinski definition) is 4. The van der Waals surface area contributed by atoms with Gasteiger partial charge in [0.1, 0.15) is 30.9 Å². The monoisotopic (exact) mass is 450 g/mol. The van der Waals surface area contributed by atoms with E-state index in [0.717, 1.165) is 27.8 Å². The van der Waals surface area contributed by atoms with E-state index < -0.39 is 6.17 Å². The van der Waals surface area contributed by atoms with Crippen LogP contribution in [0, 0.1) is 0 Å². The Morgan fingerprint density at radius 2 is 1.59 bits per heavy atom. The van der Waals surface area contributed by atoms with Crippen LogP contribution in [0.1, 0.15) is 22.1 Å². The normalized spacial score (nSPS) is 14.9. The molecule has 0 radical (unpaired) electrons. The maximum absolute atomic E-state index is 13.4. The van der Waals surface area contributed by atoms with E-state index in [1.165, 1.54) is 0 Å². The van der Waals surface area contributed by atoms with E-state index in [4.69, 9.17) is 9.47 Å². The fraction of sp³-hybridized carbons (Fsp3) is 0.138. The Balaban J connectivity index is 1.50. The van der Waals surface area contributed by atoms with Crippen LogP contribution in [0.4, 0.5) is 5.69 Å². The number of nitrogens with one attached hydrogen (secondary N) is 1. The van der Waals surface area contributed by atoms with E-state index in [0.29, 0.717) is 31.1 Å². The van der Waals surface area contributed by atoms with Crippen molar-refractivity contribution >= 4 is 22.4 Å². The zero-order valence-electron chi connectivity index (χ0n) is 18.8. The summed E-state index contributed by atoms with van der Waals surface area (Å²) in [7, 11) is 0. The second-order valence-corrected chi connectivity index (χ2v) is 8.05. The Morgan fingerprint density at radius 3 is 2.44 bits per heavy atom. The SMILES string of the molecule is C=CCN1C(=O)c2ccccc2NC1c1c(OCCOc2ccccc2)ccc2ccccc12. The lowest BCUT2D eigenvalue weighted by atomic mass is 9.97. The first kappa shape index (κ1) is 21.6. The maximum Gasteiger partial charge on any atom is 0.258 e. The van der Waals surface area contributed by atoms with Gasteiger partial charge in [-0.25, -0.2) is 0 Å². The number of anilines is 1. The lowest BCUT2D eigenvalue weighted by Gasteiger charge is -2.38.